The van der Waals surface area contributed by atoms with Gasteiger partial charge >= 0.3 is 5.97 Å². The molecule has 0 aromatic heterocycles. The number of ether oxygens (including phenoxy) is 2. The highest BCUT2D eigenvalue weighted by Crippen LogP contribution is 2.79. The van der Waals surface area contributed by atoms with E-state index in [0.29, 0.717) is 5.92 Å². The van der Waals surface area contributed by atoms with Crippen LogP contribution in [0.15, 0.2) is 0 Å². The summed E-state index contributed by atoms with van der Waals surface area (Å²) in [6, 6.07) is 0. The summed E-state index contributed by atoms with van der Waals surface area (Å²) in [4.78, 5) is 12.5. The minimum Gasteiger partial charge on any atom is -0.432 e. The van der Waals surface area contributed by atoms with Crippen LogP contribution in [-0.4, -0.2) is 40.8 Å². The molecule has 1 spiro atoms. The van der Waals surface area contributed by atoms with Crippen molar-refractivity contribution < 1.29 is 24.5 Å². The minimum absolute atomic E-state index is 0.0793. The second kappa shape index (κ2) is 3.23. The van der Waals surface area contributed by atoms with Crippen molar-refractivity contribution >= 4 is 5.97 Å². The third kappa shape index (κ3) is 0.911. The zero-order valence-electron chi connectivity index (χ0n) is 12.3. The third-order valence-electron chi connectivity index (χ3n) is 7.66. The number of hydrogen-bond donors (Lipinski definition) is 2. The first-order valence-corrected chi connectivity index (χ1v) is 7.45. The van der Waals surface area contributed by atoms with Gasteiger partial charge in [-0.15, -0.1) is 0 Å². The van der Waals surface area contributed by atoms with Gasteiger partial charge in [-0.05, 0) is 23.7 Å². The fraction of sp³-hybridized carbons (Fsp3) is 0.933. The fourth-order valence-electron chi connectivity index (χ4n) is 6.08. The fourth-order valence-corrected chi connectivity index (χ4v) is 6.08. The molecule has 2 N–H and O–H groups in total. The monoisotopic (exact) mass is 282 g/mol. The molecule has 112 valence electrons. The Bertz CT molecular complexity index is 506. The molecule has 4 aliphatic rings. The number of fused-ring (bicyclic) bond motifs is 2. The maximum Gasteiger partial charge on any atom is 0.320 e. The van der Waals surface area contributed by atoms with E-state index in [1.807, 2.05) is 6.92 Å². The van der Waals surface area contributed by atoms with E-state index in [1.54, 1.807) is 0 Å². The highest BCUT2D eigenvalue weighted by Gasteiger charge is 2.85. The smallest absolute Gasteiger partial charge is 0.320 e. The number of aliphatic hydroxyl groups excluding tert-OH is 2. The zero-order valence-corrected chi connectivity index (χ0v) is 12.3. The highest BCUT2D eigenvalue weighted by molar-refractivity contribution is 5.83. The van der Waals surface area contributed by atoms with E-state index in [1.165, 1.54) is 0 Å². The largest absolute Gasteiger partial charge is 0.432 e. The summed E-state index contributed by atoms with van der Waals surface area (Å²) in [7, 11) is 0. The molecule has 4 rings (SSSR count). The van der Waals surface area contributed by atoms with Crippen LogP contribution in [0.3, 0.4) is 0 Å². The molecule has 0 aromatic carbocycles. The van der Waals surface area contributed by atoms with E-state index in [0.717, 1.165) is 6.42 Å². The zero-order chi connectivity index (χ0) is 14.7. The Morgan fingerprint density at radius 3 is 2.35 bits per heavy atom. The Hall–Kier alpha value is -0.650. The summed E-state index contributed by atoms with van der Waals surface area (Å²) >= 11 is 0. The number of aliphatic hydroxyl groups is 2. The summed E-state index contributed by atoms with van der Waals surface area (Å²) < 4.78 is 11.1. The van der Waals surface area contributed by atoms with Gasteiger partial charge in [0.1, 0.15) is 11.5 Å². The van der Waals surface area contributed by atoms with Gasteiger partial charge in [0.25, 0.3) is 0 Å². The van der Waals surface area contributed by atoms with Gasteiger partial charge in [0.2, 0.25) is 6.29 Å². The van der Waals surface area contributed by atoms with Crippen molar-refractivity contribution in [2.24, 2.45) is 28.1 Å². The lowest BCUT2D eigenvalue weighted by Gasteiger charge is -2.41. The topological polar surface area (TPSA) is 76.0 Å². The summed E-state index contributed by atoms with van der Waals surface area (Å²) in [5.74, 6) is -0.239. The van der Waals surface area contributed by atoms with Crippen LogP contribution in [0.4, 0.5) is 0 Å². The molecular formula is C15H22O5. The Kier molecular flexibility index (Phi) is 2.11. The molecule has 2 aliphatic carbocycles. The second-order valence-electron chi connectivity index (χ2n) is 7.64. The van der Waals surface area contributed by atoms with E-state index in [4.69, 9.17) is 9.47 Å². The lowest BCUT2D eigenvalue weighted by Crippen LogP contribution is -2.51. The second-order valence-corrected chi connectivity index (χ2v) is 7.64. The summed E-state index contributed by atoms with van der Waals surface area (Å²) in [5, 5.41) is 20.3. The maximum atomic E-state index is 12.5. The molecule has 2 saturated carbocycles. The standard InChI is InChI=1S/C15H22O5/c1-6-8-5-13(3)7(2)15(11(19-8)14(6,13)4)9(16)10(17)20-12(15)18/h6-11,16-17H,5H2,1-4H3/t6-,7+,8+,9+,10+,11+,13+,14-,15-/m1/s1. The van der Waals surface area contributed by atoms with Gasteiger partial charge in [0.15, 0.2) is 0 Å². The van der Waals surface area contributed by atoms with E-state index < -0.39 is 23.8 Å². The van der Waals surface area contributed by atoms with Crippen molar-refractivity contribution in [3.8, 4) is 0 Å². The first kappa shape index (κ1) is 13.0. The van der Waals surface area contributed by atoms with Crippen molar-refractivity contribution in [1.29, 1.82) is 0 Å². The van der Waals surface area contributed by atoms with Crippen LogP contribution in [-0.2, 0) is 14.3 Å². The quantitative estimate of drug-likeness (QED) is 0.639. The van der Waals surface area contributed by atoms with Crippen molar-refractivity contribution in [3.05, 3.63) is 0 Å². The van der Waals surface area contributed by atoms with Gasteiger partial charge in [-0.25, -0.2) is 0 Å². The molecule has 5 nitrogen and oxygen atoms in total. The summed E-state index contributed by atoms with van der Waals surface area (Å²) in [6.07, 6.45) is -1.98. The van der Waals surface area contributed by atoms with Gasteiger partial charge in [-0.3, -0.25) is 4.79 Å². The van der Waals surface area contributed by atoms with Crippen molar-refractivity contribution in [1.82, 2.24) is 0 Å². The summed E-state index contributed by atoms with van der Waals surface area (Å²) in [5.41, 5.74) is -1.37. The Labute approximate surface area is 118 Å². The van der Waals surface area contributed by atoms with Crippen LogP contribution in [0, 0.1) is 28.1 Å². The Morgan fingerprint density at radius 2 is 1.90 bits per heavy atom. The van der Waals surface area contributed by atoms with Crippen molar-refractivity contribution in [2.75, 3.05) is 0 Å². The molecule has 2 bridgehead atoms. The number of hydrogen-bond acceptors (Lipinski definition) is 5. The molecule has 0 radical (unpaired) electrons. The van der Waals surface area contributed by atoms with Crippen molar-refractivity contribution in [2.45, 2.75) is 58.7 Å². The SMILES string of the molecule is C[C@@H]1[C@@H]2C[C@@]3(C)[C@H](C)[C@]4(C(=O)O[C@H](O)[C@@H]4O)[C@@H](O2)[C@@]13C. The van der Waals surface area contributed by atoms with Gasteiger partial charge in [-0.2, -0.15) is 0 Å². The van der Waals surface area contributed by atoms with Crippen LogP contribution >= 0.6 is 0 Å². The maximum absolute atomic E-state index is 12.5. The number of cyclic esters (lactones) is 1. The van der Waals surface area contributed by atoms with E-state index in [9.17, 15) is 15.0 Å². The first-order valence-electron chi connectivity index (χ1n) is 7.45. The Balaban J connectivity index is 1.96. The lowest BCUT2D eigenvalue weighted by molar-refractivity contribution is -0.163. The molecule has 5 heteroatoms. The van der Waals surface area contributed by atoms with Crippen LogP contribution in [0.2, 0.25) is 0 Å². The third-order valence-corrected chi connectivity index (χ3v) is 7.66. The molecule has 9 atom stereocenters. The van der Waals surface area contributed by atoms with Gasteiger partial charge in [-0.1, -0.05) is 27.7 Å². The van der Waals surface area contributed by atoms with Gasteiger partial charge < -0.3 is 19.7 Å². The molecule has 0 amide bonds. The predicted molar refractivity (Wildman–Crippen MR) is 68.4 cm³/mol. The van der Waals surface area contributed by atoms with Gasteiger partial charge in [0.05, 0.1) is 12.2 Å². The van der Waals surface area contributed by atoms with E-state index >= 15 is 0 Å². The molecule has 2 saturated heterocycles. The lowest BCUT2D eigenvalue weighted by atomic mass is 9.64. The van der Waals surface area contributed by atoms with Crippen LogP contribution < -0.4 is 0 Å². The molecule has 0 aromatic rings. The van der Waals surface area contributed by atoms with Crippen LogP contribution in [0.1, 0.15) is 34.1 Å². The minimum atomic E-state index is -1.44. The average Bonchev–Trinajstić information content (AvgIpc) is 2.85. The normalized spacial score (nSPS) is 67.2. The highest BCUT2D eigenvalue weighted by atomic mass is 16.7. The van der Waals surface area contributed by atoms with Crippen LogP contribution in [0.5, 0.6) is 0 Å². The van der Waals surface area contributed by atoms with Gasteiger partial charge in [0, 0.05) is 5.41 Å². The molecule has 4 fully saturated rings. The van der Waals surface area contributed by atoms with E-state index in [-0.39, 0.29) is 29.0 Å². The number of rotatable bonds is 0. The average molecular weight is 282 g/mol. The number of carbonyl (C=O) groups is 1. The van der Waals surface area contributed by atoms with Crippen molar-refractivity contribution in [3.63, 3.8) is 0 Å². The van der Waals surface area contributed by atoms with Crippen LogP contribution in [0.25, 0.3) is 0 Å². The predicted octanol–water partition coefficient (Wildman–Crippen LogP) is 0.678. The number of carbonyl (C=O) groups excluding carboxylic acids is 1. The first-order chi connectivity index (χ1) is 9.22. The molecule has 0 unspecified atom stereocenters. The Morgan fingerprint density at radius 1 is 1.25 bits per heavy atom. The molecular weight excluding hydrogens is 260 g/mol. The summed E-state index contributed by atoms with van der Waals surface area (Å²) in [6.45, 7) is 8.55. The molecule has 20 heavy (non-hydrogen) atoms. The molecule has 2 heterocycles. The number of esters is 1. The van der Waals surface area contributed by atoms with E-state index in [2.05, 4.69) is 20.8 Å². The molecule has 2 aliphatic heterocycles.